The molecule has 0 unspecified atom stereocenters. The second-order valence-electron chi connectivity index (χ2n) is 1.22. The van der Waals surface area contributed by atoms with Gasteiger partial charge in [0.2, 0.25) is 0 Å². The van der Waals surface area contributed by atoms with E-state index in [1.54, 1.807) is 0 Å². The van der Waals surface area contributed by atoms with Crippen LogP contribution in [0.4, 0.5) is 8.63 Å². The maximum absolute atomic E-state index is 9.89. The van der Waals surface area contributed by atoms with Crippen molar-refractivity contribution in [2.24, 2.45) is 0 Å². The number of carbonyl (C=O) groups excluding carboxylic acids is 1. The Bertz CT molecular complexity index is 128. The molecule has 0 aliphatic heterocycles. The van der Waals surface area contributed by atoms with Gasteiger partial charge in [0.25, 0.3) is 0 Å². The third-order valence-corrected chi connectivity index (χ3v) is 0.296. The van der Waals surface area contributed by atoms with Crippen LogP contribution in [0.2, 0.25) is 0 Å². The first-order valence-electron chi connectivity index (χ1n) is 2.24. The van der Waals surface area contributed by atoms with Crippen molar-refractivity contribution in [3.05, 3.63) is 0 Å². The molecular formula is C3H4BF2LiO5. The van der Waals surface area contributed by atoms with E-state index in [4.69, 9.17) is 10.1 Å². The van der Waals surface area contributed by atoms with Crippen molar-refractivity contribution in [1.29, 1.82) is 0 Å². The second kappa shape index (κ2) is 10.4. The predicted molar refractivity (Wildman–Crippen MR) is 27.4 cm³/mol. The van der Waals surface area contributed by atoms with Gasteiger partial charge >= 0.3 is 32.3 Å². The summed E-state index contributed by atoms with van der Waals surface area (Å²) < 4.78 is 19.8. The van der Waals surface area contributed by atoms with E-state index in [9.17, 15) is 23.3 Å². The molecule has 0 atom stereocenters. The Balaban J connectivity index is -0.000000142. The summed E-state index contributed by atoms with van der Waals surface area (Å²) in [7, 11) is -3.17. The zero-order chi connectivity index (χ0) is 9.44. The third-order valence-electron chi connectivity index (χ3n) is 0.296. The molecule has 0 saturated carbocycles. The Morgan fingerprint density at radius 3 is 1.67 bits per heavy atom. The number of hydrogen-bond acceptors (Lipinski definition) is 4. The Morgan fingerprint density at radius 2 is 1.67 bits per heavy atom. The Hall–Kier alpha value is -0.578. The molecule has 0 fully saturated rings. The van der Waals surface area contributed by atoms with Gasteiger partial charge in [-0.15, -0.1) is 0 Å². The van der Waals surface area contributed by atoms with Gasteiger partial charge in [0.1, 0.15) is 0 Å². The zero-order valence-corrected chi connectivity index (χ0v) is 6.16. The number of carbonyl (C=O) groups is 2. The van der Waals surface area contributed by atoms with Crippen molar-refractivity contribution in [3.8, 4) is 0 Å². The Morgan fingerprint density at radius 1 is 1.42 bits per heavy atom. The largest absolute Gasteiger partial charge is 1.00 e. The number of aliphatic carboxylic acids is 2. The number of hydrogen-bond donors (Lipinski definition) is 2. The first-order chi connectivity index (χ1) is 4.86. The van der Waals surface area contributed by atoms with Crippen molar-refractivity contribution in [1.82, 2.24) is 0 Å². The molecule has 0 rings (SSSR count). The maximum atomic E-state index is 9.89. The van der Waals surface area contributed by atoms with Gasteiger partial charge in [0.05, 0.1) is 12.4 Å². The number of carboxylic acids is 2. The predicted octanol–water partition coefficient (Wildman–Crippen LogP) is -4.88. The summed E-state index contributed by atoms with van der Waals surface area (Å²) in [6.07, 6.45) is -0.917. The minimum atomic E-state index is -3.17. The maximum Gasteiger partial charge on any atom is 1.00 e. The number of rotatable bonds is 2. The van der Waals surface area contributed by atoms with E-state index in [-0.39, 0.29) is 18.9 Å². The van der Waals surface area contributed by atoms with Crippen LogP contribution in [0.25, 0.3) is 0 Å². The van der Waals surface area contributed by atoms with Crippen LogP contribution in [0.5, 0.6) is 0 Å². The molecule has 0 aliphatic rings. The molecule has 0 saturated heterocycles. The molecule has 5 nitrogen and oxygen atoms in total. The quantitative estimate of drug-likeness (QED) is 0.324. The summed E-state index contributed by atoms with van der Waals surface area (Å²) in [4.78, 5) is 18.7. The monoisotopic (exact) mass is 176 g/mol. The average molecular weight is 176 g/mol. The minimum Gasteiger partial charge on any atom is -0.550 e. The van der Waals surface area contributed by atoms with Crippen LogP contribution >= 0.6 is 0 Å². The van der Waals surface area contributed by atoms with E-state index in [0.717, 1.165) is 0 Å². The molecule has 9 heteroatoms. The van der Waals surface area contributed by atoms with E-state index in [1.165, 1.54) is 0 Å². The van der Waals surface area contributed by atoms with Gasteiger partial charge in [-0.3, -0.25) is 13.4 Å². The van der Waals surface area contributed by atoms with Crippen molar-refractivity contribution in [2.45, 2.75) is 6.42 Å². The Kier molecular flexibility index (Phi) is 15.2. The average Bonchev–Trinajstić information content (AvgIpc) is 1.56. The Labute approximate surface area is 78.8 Å². The molecule has 64 valence electrons. The van der Waals surface area contributed by atoms with Gasteiger partial charge in [0, 0.05) is 0 Å². The fourth-order valence-corrected chi connectivity index (χ4v) is 0.123. The van der Waals surface area contributed by atoms with Crippen LogP contribution in [0, 0.1) is 0 Å². The van der Waals surface area contributed by atoms with Crippen LogP contribution in [-0.4, -0.2) is 29.5 Å². The standard InChI is InChI=1S/C3H4O4.BF2HO.Li/c4-2(5)1-3(6)7;2-1(3)4;/h1H2,(H,4,5)(H,6,7);4H;/q;;+1/p-1. The van der Waals surface area contributed by atoms with E-state index in [2.05, 4.69) is 0 Å². The normalized spacial score (nSPS) is 6.92. The van der Waals surface area contributed by atoms with Crippen molar-refractivity contribution in [3.63, 3.8) is 0 Å². The fourth-order valence-electron chi connectivity index (χ4n) is 0.123. The fraction of sp³-hybridized carbons (Fsp3) is 0.333. The minimum absolute atomic E-state index is 0. The summed E-state index contributed by atoms with van der Waals surface area (Å²) in [5.74, 6) is -2.94. The molecule has 0 aromatic rings. The van der Waals surface area contributed by atoms with E-state index >= 15 is 0 Å². The molecule has 0 heterocycles. The van der Waals surface area contributed by atoms with Gasteiger partial charge < -0.3 is 20.0 Å². The summed E-state index contributed by atoms with van der Waals surface area (Å²) >= 11 is 0. The molecule has 0 aromatic carbocycles. The van der Waals surface area contributed by atoms with E-state index in [0.29, 0.717) is 0 Å². The molecule has 0 aromatic heterocycles. The number of halogens is 2. The second-order valence-corrected chi connectivity index (χ2v) is 1.22. The van der Waals surface area contributed by atoms with Gasteiger partial charge in [-0.05, 0) is 0 Å². The summed E-state index contributed by atoms with van der Waals surface area (Å²) in [6, 6.07) is 0. The molecule has 12 heavy (non-hydrogen) atoms. The van der Waals surface area contributed by atoms with Gasteiger partial charge in [-0.2, -0.15) is 0 Å². The van der Waals surface area contributed by atoms with Gasteiger partial charge in [0.15, 0.2) is 0 Å². The van der Waals surface area contributed by atoms with E-state index < -0.39 is 25.8 Å². The molecule has 0 amide bonds. The summed E-state index contributed by atoms with van der Waals surface area (Å²) in [5.41, 5.74) is 0. The van der Waals surface area contributed by atoms with Crippen LogP contribution < -0.4 is 24.0 Å². The van der Waals surface area contributed by atoms with Crippen LogP contribution in [0.3, 0.4) is 0 Å². The van der Waals surface area contributed by atoms with Crippen molar-refractivity contribution >= 4 is 19.4 Å². The summed E-state index contributed by atoms with van der Waals surface area (Å²) in [5, 5.41) is 23.7. The van der Waals surface area contributed by atoms with Crippen LogP contribution in [0.15, 0.2) is 0 Å². The van der Waals surface area contributed by atoms with Crippen LogP contribution in [0.1, 0.15) is 6.42 Å². The van der Waals surface area contributed by atoms with E-state index in [1.807, 2.05) is 0 Å². The SMILES string of the molecule is O=C([O-])CC(=O)O.OB(F)F.[Li+]. The van der Waals surface area contributed by atoms with Gasteiger partial charge in [-0.1, -0.05) is 0 Å². The smallest absolute Gasteiger partial charge is 0.550 e. The molecule has 2 N–H and O–H groups in total. The van der Waals surface area contributed by atoms with Crippen molar-refractivity contribution in [2.75, 3.05) is 0 Å². The molecular weight excluding hydrogens is 172 g/mol. The van der Waals surface area contributed by atoms with Crippen molar-refractivity contribution < 1.29 is 52.3 Å². The molecule has 0 aliphatic carbocycles. The first-order valence-corrected chi connectivity index (χ1v) is 2.24. The molecule has 0 bridgehead atoms. The molecule has 0 radical (unpaired) electrons. The van der Waals surface area contributed by atoms with Gasteiger partial charge in [-0.25, -0.2) is 0 Å². The first kappa shape index (κ1) is 17.5. The topological polar surface area (TPSA) is 97.7 Å². The zero-order valence-electron chi connectivity index (χ0n) is 6.16. The summed E-state index contributed by atoms with van der Waals surface area (Å²) in [6.45, 7) is 0. The van der Waals surface area contributed by atoms with Crippen LogP contribution in [-0.2, 0) is 9.59 Å². The molecule has 0 spiro atoms. The number of carboxylic acid groups (broad SMARTS) is 2. The third kappa shape index (κ3) is 57.1.